The molecule has 0 radical (unpaired) electrons. The van der Waals surface area contributed by atoms with Crippen LogP contribution in [0.1, 0.15) is 69.4 Å². The first-order valence-corrected chi connectivity index (χ1v) is 20.5. The lowest BCUT2D eigenvalue weighted by Crippen LogP contribution is -2.59. The summed E-state index contributed by atoms with van der Waals surface area (Å²) in [5, 5.41) is 2.10. The molecule has 0 spiro atoms. The molecule has 2 saturated heterocycles. The van der Waals surface area contributed by atoms with Crippen LogP contribution in [0, 0.1) is 5.41 Å². The number of nitrogens with one attached hydrogen (secondary N) is 1. The number of pyridine rings is 1. The van der Waals surface area contributed by atoms with Gasteiger partial charge in [0, 0.05) is 67.8 Å². The van der Waals surface area contributed by atoms with Crippen LogP contribution in [0.4, 0.5) is 18.9 Å². The summed E-state index contributed by atoms with van der Waals surface area (Å²) in [6.45, 7) is 8.40. The first kappa shape index (κ1) is 40.3. The molecule has 2 aromatic carbocycles. The zero-order valence-corrected chi connectivity index (χ0v) is 33.8. The molecule has 4 aliphatic rings. The smallest absolute Gasteiger partial charge is 0.406 e. The number of alkyl halides is 3. The largest absolute Gasteiger partial charge is 0.464 e. The highest BCUT2D eigenvalue weighted by Crippen LogP contribution is 2.44. The molecule has 1 aliphatic carbocycles. The third-order valence-corrected chi connectivity index (χ3v) is 12.2. The summed E-state index contributed by atoms with van der Waals surface area (Å²) < 4.78 is 57.7. The van der Waals surface area contributed by atoms with Gasteiger partial charge in [-0.1, -0.05) is 44.2 Å². The predicted octanol–water partition coefficient (Wildman–Crippen LogP) is 6.42. The van der Waals surface area contributed by atoms with Gasteiger partial charge in [0.1, 0.15) is 12.6 Å². The molecule has 3 N–H and O–H groups in total. The highest BCUT2D eigenvalue weighted by Gasteiger charge is 2.37. The van der Waals surface area contributed by atoms with Gasteiger partial charge in [-0.3, -0.25) is 24.5 Å². The number of hydrogen-bond acceptors (Lipinski definition) is 9. The van der Waals surface area contributed by atoms with E-state index in [4.69, 9.17) is 20.2 Å². The Balaban J connectivity index is 1.31. The number of aromatic nitrogens is 2. The summed E-state index contributed by atoms with van der Waals surface area (Å²) in [6.07, 6.45) is 0.836. The van der Waals surface area contributed by atoms with Crippen molar-refractivity contribution in [3.8, 4) is 22.4 Å². The molecule has 8 rings (SSSR count). The number of fused-ring (bicyclic) bond motifs is 6. The van der Waals surface area contributed by atoms with Gasteiger partial charge in [0.2, 0.25) is 0 Å². The number of piperazine rings is 1. The van der Waals surface area contributed by atoms with Crippen molar-refractivity contribution in [3.05, 3.63) is 71.5 Å². The number of cyclic esters (lactones) is 1. The minimum absolute atomic E-state index is 0.00448. The molecule has 310 valence electrons. The first-order valence-electron chi connectivity index (χ1n) is 20.5. The standard InChI is InChI=1S/C44H54F3N7O4/c1-27(57-4)39-34(22-32(24-49-39)52-17-15-51(16-18-52)31-11-12-31)40-35-23-43(2,3)26-58-42(56)37-9-6-14-54(50-37)41(55)36(48)20-28-7-5-8-29(19-28)30-10-13-38(33(35)21-30)53(40)25-44(45,46)47/h5,7-8,10,13,19,21-22,24,27,31,36-37,50H,6,9,11-12,14-18,20,23,25-26,48H2,1-4H3/t27-,36-,37-/m0/s1. The molecule has 3 atom stereocenters. The van der Waals surface area contributed by atoms with Gasteiger partial charge in [0.25, 0.3) is 5.91 Å². The number of esters is 1. The van der Waals surface area contributed by atoms with Crippen LogP contribution in [0.2, 0.25) is 0 Å². The lowest BCUT2D eigenvalue weighted by molar-refractivity contribution is -0.155. The summed E-state index contributed by atoms with van der Waals surface area (Å²) in [5.41, 5.74) is 14.8. The Morgan fingerprint density at radius 3 is 2.50 bits per heavy atom. The minimum atomic E-state index is -4.55. The number of ether oxygens (including phenoxy) is 2. The first-order chi connectivity index (χ1) is 27.7. The summed E-state index contributed by atoms with van der Waals surface area (Å²) >= 11 is 0. The van der Waals surface area contributed by atoms with Crippen molar-refractivity contribution >= 4 is 28.5 Å². The Labute approximate surface area is 337 Å². The fourth-order valence-corrected chi connectivity index (χ4v) is 8.91. The van der Waals surface area contributed by atoms with E-state index >= 15 is 0 Å². The van der Waals surface area contributed by atoms with E-state index in [-0.39, 0.29) is 25.4 Å². The molecule has 5 heterocycles. The van der Waals surface area contributed by atoms with E-state index in [9.17, 15) is 22.8 Å². The van der Waals surface area contributed by atoms with E-state index in [2.05, 4.69) is 15.2 Å². The Hall–Kier alpha value is -4.50. The molecule has 0 unspecified atom stereocenters. The van der Waals surface area contributed by atoms with E-state index in [1.54, 1.807) is 13.2 Å². The molecule has 58 heavy (non-hydrogen) atoms. The summed E-state index contributed by atoms with van der Waals surface area (Å²) in [4.78, 5) is 36.8. The van der Waals surface area contributed by atoms with Gasteiger partial charge in [-0.2, -0.15) is 13.2 Å². The molecule has 6 bridgehead atoms. The fourth-order valence-electron chi connectivity index (χ4n) is 8.91. The zero-order valence-electron chi connectivity index (χ0n) is 33.8. The fraction of sp³-hybridized carbons (Fsp3) is 0.523. The van der Waals surface area contributed by atoms with E-state index in [0.29, 0.717) is 58.8 Å². The van der Waals surface area contributed by atoms with E-state index in [1.165, 1.54) is 22.4 Å². The molecule has 4 aromatic rings. The molecular formula is C44H54F3N7O4. The number of nitrogens with zero attached hydrogens (tertiary/aromatic N) is 5. The maximum Gasteiger partial charge on any atom is 0.406 e. The number of carbonyl (C=O) groups excluding carboxylic acids is 2. The van der Waals surface area contributed by atoms with Crippen molar-refractivity contribution in [2.75, 3.05) is 51.3 Å². The molecular weight excluding hydrogens is 748 g/mol. The number of methoxy groups -OCH3 is 1. The van der Waals surface area contributed by atoms with Crippen molar-refractivity contribution in [2.24, 2.45) is 11.1 Å². The number of hydrogen-bond donors (Lipinski definition) is 2. The Bertz CT molecular complexity index is 2180. The molecule has 3 aliphatic heterocycles. The van der Waals surface area contributed by atoms with Gasteiger partial charge >= 0.3 is 12.1 Å². The van der Waals surface area contributed by atoms with Crippen molar-refractivity contribution in [1.29, 1.82) is 0 Å². The average molecular weight is 802 g/mol. The lowest BCUT2D eigenvalue weighted by atomic mass is 9.84. The normalized spacial score (nSPS) is 22.8. The maximum absolute atomic E-state index is 14.8. The van der Waals surface area contributed by atoms with Crippen LogP contribution in [0.25, 0.3) is 33.3 Å². The minimum Gasteiger partial charge on any atom is -0.464 e. The third-order valence-electron chi connectivity index (χ3n) is 12.2. The van der Waals surface area contributed by atoms with Crippen LogP contribution < -0.4 is 16.1 Å². The molecule has 11 nitrogen and oxygen atoms in total. The summed E-state index contributed by atoms with van der Waals surface area (Å²) in [6, 6.07) is 14.4. The number of anilines is 1. The number of nitrogens with two attached hydrogens (primary N) is 1. The SMILES string of the molecule is CO[C@@H](C)c1ncc(N2CCN(C3CC3)CC2)cc1-c1c2c3cc(ccc3n1CC(F)(F)F)-c1cccc(c1)C[C@H](N)C(=O)N1CCC[C@H](N1)C(=O)OCC(C)(C)C2. The topological polar surface area (TPSA) is 118 Å². The maximum atomic E-state index is 14.8. The Morgan fingerprint density at radius 1 is 1.02 bits per heavy atom. The Kier molecular flexibility index (Phi) is 11.1. The lowest BCUT2D eigenvalue weighted by Gasteiger charge is -2.36. The number of benzene rings is 2. The van der Waals surface area contributed by atoms with Crippen LogP contribution in [0.5, 0.6) is 0 Å². The van der Waals surface area contributed by atoms with E-state index in [0.717, 1.165) is 48.6 Å². The molecule has 1 amide bonds. The second-order valence-electron chi connectivity index (χ2n) is 17.3. The summed E-state index contributed by atoms with van der Waals surface area (Å²) in [7, 11) is 1.58. The quantitative estimate of drug-likeness (QED) is 0.213. The summed E-state index contributed by atoms with van der Waals surface area (Å²) in [5.74, 6) is -0.806. The molecule has 1 saturated carbocycles. The van der Waals surface area contributed by atoms with Gasteiger partial charge in [-0.15, -0.1) is 0 Å². The monoisotopic (exact) mass is 801 g/mol. The van der Waals surface area contributed by atoms with Crippen molar-refractivity contribution in [1.82, 2.24) is 24.9 Å². The zero-order chi connectivity index (χ0) is 40.9. The number of hydrazine groups is 1. The third kappa shape index (κ3) is 8.47. The van der Waals surface area contributed by atoms with Crippen molar-refractivity contribution in [2.45, 2.75) is 96.2 Å². The van der Waals surface area contributed by atoms with Gasteiger partial charge < -0.3 is 24.7 Å². The highest BCUT2D eigenvalue weighted by atomic mass is 19.4. The molecule has 14 heteroatoms. The highest BCUT2D eigenvalue weighted by molar-refractivity contribution is 5.96. The van der Waals surface area contributed by atoms with Gasteiger partial charge in [0.05, 0.1) is 42.0 Å². The number of rotatable bonds is 6. The Morgan fingerprint density at radius 2 is 1.78 bits per heavy atom. The number of halogens is 3. The van der Waals surface area contributed by atoms with Crippen LogP contribution in [-0.4, -0.2) is 102 Å². The molecule has 3 fully saturated rings. The van der Waals surface area contributed by atoms with Gasteiger partial charge in [0.15, 0.2) is 0 Å². The van der Waals surface area contributed by atoms with Crippen LogP contribution in [0.3, 0.4) is 0 Å². The van der Waals surface area contributed by atoms with Gasteiger partial charge in [-0.25, -0.2) is 5.43 Å². The second-order valence-corrected chi connectivity index (χ2v) is 17.3. The van der Waals surface area contributed by atoms with Crippen LogP contribution in [0.15, 0.2) is 54.7 Å². The van der Waals surface area contributed by atoms with E-state index < -0.39 is 42.3 Å². The van der Waals surface area contributed by atoms with E-state index in [1.807, 2.05) is 69.4 Å². The predicted molar refractivity (Wildman–Crippen MR) is 217 cm³/mol. The van der Waals surface area contributed by atoms with Crippen LogP contribution >= 0.6 is 0 Å². The average Bonchev–Trinajstić information content (AvgIpc) is 4.03. The van der Waals surface area contributed by atoms with Crippen molar-refractivity contribution < 1.29 is 32.2 Å². The number of carbonyl (C=O) groups is 2. The van der Waals surface area contributed by atoms with Gasteiger partial charge in [-0.05, 0) is 85.9 Å². The van der Waals surface area contributed by atoms with Crippen LogP contribution in [-0.2, 0) is 38.4 Å². The number of amides is 1. The van der Waals surface area contributed by atoms with Crippen molar-refractivity contribution in [3.63, 3.8) is 0 Å². The second kappa shape index (κ2) is 15.9. The molecule has 2 aromatic heterocycles.